The highest BCUT2D eigenvalue weighted by atomic mass is 16.6. The molecule has 0 bridgehead atoms. The standard InChI is InChI=1S/C13H15N3O3/c1-9-14-15-13(19-9)11(8-12(17)16-18-2)10-6-4-3-5-7-10/h3-7,11H,8H2,1-2H3,(H,16,17). The predicted molar refractivity (Wildman–Crippen MR) is 67.1 cm³/mol. The van der Waals surface area contributed by atoms with E-state index < -0.39 is 0 Å². The minimum Gasteiger partial charge on any atom is -0.425 e. The average Bonchev–Trinajstić information content (AvgIpc) is 2.84. The highest BCUT2D eigenvalue weighted by molar-refractivity contribution is 5.76. The van der Waals surface area contributed by atoms with E-state index in [1.54, 1.807) is 6.92 Å². The lowest BCUT2D eigenvalue weighted by atomic mass is 9.95. The van der Waals surface area contributed by atoms with Crippen molar-refractivity contribution in [3.8, 4) is 0 Å². The lowest BCUT2D eigenvalue weighted by molar-refractivity contribution is -0.131. The van der Waals surface area contributed by atoms with Crippen LogP contribution in [-0.4, -0.2) is 23.2 Å². The van der Waals surface area contributed by atoms with Crippen LogP contribution in [0.3, 0.4) is 0 Å². The number of hydroxylamine groups is 1. The van der Waals surface area contributed by atoms with Gasteiger partial charge < -0.3 is 4.42 Å². The minimum absolute atomic E-state index is 0.180. The molecule has 1 N–H and O–H groups in total. The molecule has 6 nitrogen and oxygen atoms in total. The number of nitrogens with one attached hydrogen (secondary N) is 1. The molecule has 0 saturated heterocycles. The molecule has 100 valence electrons. The van der Waals surface area contributed by atoms with E-state index in [2.05, 4.69) is 20.5 Å². The molecule has 1 atom stereocenters. The van der Waals surface area contributed by atoms with Gasteiger partial charge >= 0.3 is 0 Å². The number of rotatable bonds is 5. The molecule has 1 unspecified atom stereocenters. The number of hydrogen-bond acceptors (Lipinski definition) is 5. The van der Waals surface area contributed by atoms with Crippen molar-refractivity contribution >= 4 is 5.91 Å². The van der Waals surface area contributed by atoms with Crippen LogP contribution in [0.5, 0.6) is 0 Å². The van der Waals surface area contributed by atoms with Gasteiger partial charge in [0, 0.05) is 13.3 Å². The number of carbonyl (C=O) groups excluding carboxylic acids is 1. The molecular weight excluding hydrogens is 246 g/mol. The summed E-state index contributed by atoms with van der Waals surface area (Å²) >= 11 is 0. The first-order valence-electron chi connectivity index (χ1n) is 5.87. The first-order valence-corrected chi connectivity index (χ1v) is 5.87. The molecule has 1 heterocycles. The smallest absolute Gasteiger partial charge is 0.244 e. The van der Waals surface area contributed by atoms with Gasteiger partial charge in [-0.1, -0.05) is 30.3 Å². The zero-order chi connectivity index (χ0) is 13.7. The molecule has 2 aromatic rings. The molecule has 2 rings (SSSR count). The Morgan fingerprint density at radius 2 is 2.11 bits per heavy atom. The SMILES string of the molecule is CONC(=O)CC(c1ccccc1)c1nnc(C)o1. The Morgan fingerprint density at radius 3 is 2.68 bits per heavy atom. The third-order valence-corrected chi connectivity index (χ3v) is 2.65. The van der Waals surface area contributed by atoms with Gasteiger partial charge in [0.1, 0.15) is 0 Å². The maximum Gasteiger partial charge on any atom is 0.244 e. The van der Waals surface area contributed by atoms with Gasteiger partial charge in [0.05, 0.1) is 13.0 Å². The van der Waals surface area contributed by atoms with Gasteiger partial charge in [-0.15, -0.1) is 10.2 Å². The number of amides is 1. The van der Waals surface area contributed by atoms with Gasteiger partial charge in [0.25, 0.3) is 0 Å². The van der Waals surface area contributed by atoms with Crippen molar-refractivity contribution in [2.24, 2.45) is 0 Å². The molecule has 0 aliphatic rings. The van der Waals surface area contributed by atoms with E-state index in [0.717, 1.165) is 5.56 Å². The summed E-state index contributed by atoms with van der Waals surface area (Å²) in [5.74, 6) is 0.378. The van der Waals surface area contributed by atoms with E-state index in [9.17, 15) is 4.79 Å². The first kappa shape index (κ1) is 13.2. The monoisotopic (exact) mass is 261 g/mol. The van der Waals surface area contributed by atoms with Crippen LogP contribution in [0.25, 0.3) is 0 Å². The second-order valence-electron chi connectivity index (χ2n) is 4.06. The third-order valence-electron chi connectivity index (χ3n) is 2.65. The zero-order valence-corrected chi connectivity index (χ0v) is 10.8. The highest BCUT2D eigenvalue weighted by Gasteiger charge is 2.23. The summed E-state index contributed by atoms with van der Waals surface area (Å²) in [5, 5.41) is 7.80. The average molecular weight is 261 g/mol. The number of benzene rings is 1. The zero-order valence-electron chi connectivity index (χ0n) is 10.8. The molecule has 1 amide bonds. The third kappa shape index (κ3) is 3.38. The van der Waals surface area contributed by atoms with Crippen LogP contribution in [0, 0.1) is 6.92 Å². The Hall–Kier alpha value is -2.21. The maximum atomic E-state index is 11.7. The second kappa shape index (κ2) is 6.10. The normalized spacial score (nSPS) is 12.1. The Balaban J connectivity index is 2.26. The first-order chi connectivity index (χ1) is 9.20. The molecule has 1 aromatic heterocycles. The van der Waals surface area contributed by atoms with E-state index in [4.69, 9.17) is 4.42 Å². The largest absolute Gasteiger partial charge is 0.425 e. The molecule has 6 heteroatoms. The predicted octanol–water partition coefficient (Wildman–Crippen LogP) is 1.58. The maximum absolute atomic E-state index is 11.7. The van der Waals surface area contributed by atoms with Crippen LogP contribution < -0.4 is 5.48 Å². The Morgan fingerprint density at radius 1 is 1.37 bits per heavy atom. The minimum atomic E-state index is -0.280. The molecule has 1 aromatic carbocycles. The summed E-state index contributed by atoms with van der Waals surface area (Å²) in [7, 11) is 1.40. The highest BCUT2D eigenvalue weighted by Crippen LogP contribution is 2.26. The molecule has 0 aliphatic heterocycles. The Labute approximate surface area is 110 Å². The molecule has 0 aliphatic carbocycles. The molecule has 0 saturated carbocycles. The van der Waals surface area contributed by atoms with E-state index in [1.165, 1.54) is 7.11 Å². The summed E-state index contributed by atoms with van der Waals surface area (Å²) in [6.07, 6.45) is 0.180. The fourth-order valence-electron chi connectivity index (χ4n) is 1.83. The molecule has 19 heavy (non-hydrogen) atoms. The quantitative estimate of drug-likeness (QED) is 0.827. The number of nitrogens with zero attached hydrogens (tertiary/aromatic N) is 2. The van der Waals surface area contributed by atoms with Gasteiger partial charge in [-0.05, 0) is 5.56 Å². The molecule has 0 radical (unpaired) electrons. The molecule has 0 spiro atoms. The van der Waals surface area contributed by atoms with Crippen molar-refractivity contribution in [3.05, 3.63) is 47.7 Å². The van der Waals surface area contributed by atoms with Crippen LogP contribution in [0.1, 0.15) is 29.7 Å². The van der Waals surface area contributed by atoms with Crippen LogP contribution in [0.15, 0.2) is 34.7 Å². The van der Waals surface area contributed by atoms with Crippen molar-refractivity contribution in [2.75, 3.05) is 7.11 Å². The topological polar surface area (TPSA) is 77.2 Å². The van der Waals surface area contributed by atoms with Gasteiger partial charge in [-0.2, -0.15) is 0 Å². The van der Waals surface area contributed by atoms with Crippen molar-refractivity contribution in [1.82, 2.24) is 15.7 Å². The van der Waals surface area contributed by atoms with Crippen molar-refractivity contribution in [2.45, 2.75) is 19.3 Å². The fourth-order valence-corrected chi connectivity index (χ4v) is 1.83. The molecular formula is C13H15N3O3. The van der Waals surface area contributed by atoms with E-state index in [-0.39, 0.29) is 18.2 Å². The Bertz CT molecular complexity index is 539. The Kier molecular flexibility index (Phi) is 4.25. The van der Waals surface area contributed by atoms with Gasteiger partial charge in [0.15, 0.2) is 0 Å². The number of hydrogen-bond donors (Lipinski definition) is 1. The number of carbonyl (C=O) groups is 1. The van der Waals surface area contributed by atoms with Gasteiger partial charge in [-0.25, -0.2) is 5.48 Å². The summed E-state index contributed by atoms with van der Waals surface area (Å²) in [4.78, 5) is 16.3. The van der Waals surface area contributed by atoms with Crippen molar-refractivity contribution in [1.29, 1.82) is 0 Å². The van der Waals surface area contributed by atoms with Crippen LogP contribution in [0.4, 0.5) is 0 Å². The second-order valence-corrected chi connectivity index (χ2v) is 4.06. The number of aromatic nitrogens is 2. The van der Waals surface area contributed by atoms with Crippen LogP contribution >= 0.6 is 0 Å². The van der Waals surface area contributed by atoms with E-state index in [0.29, 0.717) is 11.8 Å². The van der Waals surface area contributed by atoms with Gasteiger partial charge in [-0.3, -0.25) is 9.63 Å². The number of aryl methyl sites for hydroxylation is 1. The molecule has 0 fully saturated rings. The van der Waals surface area contributed by atoms with Crippen LogP contribution in [-0.2, 0) is 9.63 Å². The van der Waals surface area contributed by atoms with Crippen LogP contribution in [0.2, 0.25) is 0 Å². The summed E-state index contributed by atoms with van der Waals surface area (Å²) in [6.45, 7) is 1.72. The van der Waals surface area contributed by atoms with E-state index in [1.807, 2.05) is 30.3 Å². The summed E-state index contributed by atoms with van der Waals surface area (Å²) < 4.78 is 5.44. The lowest BCUT2D eigenvalue weighted by Gasteiger charge is -2.12. The van der Waals surface area contributed by atoms with Crippen molar-refractivity contribution in [3.63, 3.8) is 0 Å². The summed E-state index contributed by atoms with van der Waals surface area (Å²) in [6, 6.07) is 9.56. The van der Waals surface area contributed by atoms with Crippen molar-refractivity contribution < 1.29 is 14.0 Å². The van der Waals surface area contributed by atoms with E-state index >= 15 is 0 Å². The summed E-state index contributed by atoms with van der Waals surface area (Å²) in [5.41, 5.74) is 3.24. The fraction of sp³-hybridized carbons (Fsp3) is 0.308. The van der Waals surface area contributed by atoms with Gasteiger partial charge in [0.2, 0.25) is 17.7 Å². The lowest BCUT2D eigenvalue weighted by Crippen LogP contribution is -2.24.